The van der Waals surface area contributed by atoms with Gasteiger partial charge in [-0.15, -0.1) is 0 Å². The number of hydrogen-bond acceptors (Lipinski definition) is 2. The van der Waals surface area contributed by atoms with Crippen molar-refractivity contribution in [1.82, 2.24) is 10.6 Å². The first kappa shape index (κ1) is 11.2. The Morgan fingerprint density at radius 3 is 2.33 bits per heavy atom. The van der Waals surface area contributed by atoms with E-state index in [4.69, 9.17) is 0 Å². The standard InChI is InChI=1S/C6H11F3N2O/c1-4(5(12)10-2)11-3-6(7,8)9/h4,11H,3H2,1-2H3,(H,10,12). The summed E-state index contributed by atoms with van der Waals surface area (Å²) in [4.78, 5) is 10.7. The van der Waals surface area contributed by atoms with Crippen LogP contribution in [0.25, 0.3) is 0 Å². The number of alkyl halides is 3. The lowest BCUT2D eigenvalue weighted by molar-refractivity contribution is -0.131. The van der Waals surface area contributed by atoms with Crippen LogP contribution in [0.3, 0.4) is 0 Å². The Hall–Kier alpha value is -0.780. The van der Waals surface area contributed by atoms with Gasteiger partial charge < -0.3 is 5.32 Å². The van der Waals surface area contributed by atoms with Gasteiger partial charge in [-0.1, -0.05) is 0 Å². The number of carbonyl (C=O) groups excluding carboxylic acids is 1. The maximum absolute atomic E-state index is 11.6. The highest BCUT2D eigenvalue weighted by Gasteiger charge is 2.28. The molecule has 1 amide bonds. The Kier molecular flexibility index (Phi) is 4.02. The van der Waals surface area contributed by atoms with E-state index in [0.29, 0.717) is 0 Å². The molecule has 0 bridgehead atoms. The number of carbonyl (C=O) groups is 1. The molecule has 0 aromatic rings. The average Bonchev–Trinajstić information content (AvgIpc) is 1.97. The second kappa shape index (κ2) is 4.30. The van der Waals surface area contributed by atoms with Crippen LogP contribution in [0.4, 0.5) is 13.2 Å². The number of rotatable bonds is 3. The third kappa shape index (κ3) is 4.95. The average molecular weight is 184 g/mol. The lowest BCUT2D eigenvalue weighted by Gasteiger charge is -2.13. The maximum Gasteiger partial charge on any atom is 0.401 e. The van der Waals surface area contributed by atoms with Crippen molar-refractivity contribution in [2.24, 2.45) is 0 Å². The molecule has 6 heteroatoms. The summed E-state index contributed by atoms with van der Waals surface area (Å²) in [6, 6.07) is -0.823. The van der Waals surface area contributed by atoms with Gasteiger partial charge in [0.15, 0.2) is 0 Å². The van der Waals surface area contributed by atoms with Crippen LogP contribution in [-0.2, 0) is 4.79 Å². The summed E-state index contributed by atoms with van der Waals surface area (Å²) < 4.78 is 34.8. The molecule has 0 saturated carbocycles. The van der Waals surface area contributed by atoms with Gasteiger partial charge in [-0.05, 0) is 6.92 Å². The van der Waals surface area contributed by atoms with Crippen LogP contribution in [0.2, 0.25) is 0 Å². The first-order valence-corrected chi connectivity index (χ1v) is 3.38. The Bertz CT molecular complexity index is 157. The van der Waals surface area contributed by atoms with Crippen molar-refractivity contribution in [2.45, 2.75) is 19.1 Å². The van der Waals surface area contributed by atoms with E-state index in [1.54, 1.807) is 0 Å². The topological polar surface area (TPSA) is 41.1 Å². The highest BCUT2D eigenvalue weighted by atomic mass is 19.4. The van der Waals surface area contributed by atoms with E-state index < -0.39 is 24.7 Å². The fourth-order valence-corrected chi connectivity index (χ4v) is 0.578. The first-order chi connectivity index (χ1) is 5.37. The molecule has 0 radical (unpaired) electrons. The van der Waals surface area contributed by atoms with Crippen molar-refractivity contribution in [3.05, 3.63) is 0 Å². The number of likely N-dealkylation sites (N-methyl/N-ethyl adjacent to an activating group) is 1. The van der Waals surface area contributed by atoms with Crippen LogP contribution in [0.15, 0.2) is 0 Å². The molecule has 3 nitrogen and oxygen atoms in total. The molecule has 0 aliphatic heterocycles. The zero-order valence-electron chi connectivity index (χ0n) is 6.83. The largest absolute Gasteiger partial charge is 0.401 e. The van der Waals surface area contributed by atoms with Crippen LogP contribution in [-0.4, -0.2) is 31.7 Å². The second-order valence-corrected chi connectivity index (χ2v) is 2.33. The monoisotopic (exact) mass is 184 g/mol. The minimum atomic E-state index is -4.28. The number of amides is 1. The normalized spacial score (nSPS) is 14.1. The molecule has 0 saturated heterocycles. The molecule has 0 aromatic heterocycles. The van der Waals surface area contributed by atoms with Crippen molar-refractivity contribution in [1.29, 1.82) is 0 Å². The van der Waals surface area contributed by atoms with Crippen molar-refractivity contribution in [3.8, 4) is 0 Å². The molecular weight excluding hydrogens is 173 g/mol. The third-order valence-corrected chi connectivity index (χ3v) is 1.25. The summed E-state index contributed by atoms with van der Waals surface area (Å²) >= 11 is 0. The summed E-state index contributed by atoms with van der Waals surface area (Å²) in [5, 5.41) is 4.27. The van der Waals surface area contributed by atoms with E-state index in [2.05, 4.69) is 5.32 Å². The molecule has 0 rings (SSSR count). The number of halogens is 3. The van der Waals surface area contributed by atoms with Gasteiger partial charge in [0.05, 0.1) is 12.6 Å². The third-order valence-electron chi connectivity index (χ3n) is 1.25. The molecule has 1 atom stereocenters. The number of hydrogen-bond donors (Lipinski definition) is 2. The maximum atomic E-state index is 11.6. The predicted molar refractivity (Wildman–Crippen MR) is 37.6 cm³/mol. The molecule has 0 aromatic carbocycles. The zero-order chi connectivity index (χ0) is 9.78. The second-order valence-electron chi connectivity index (χ2n) is 2.33. The summed E-state index contributed by atoms with van der Waals surface area (Å²) in [5.41, 5.74) is 0. The molecule has 0 spiro atoms. The Labute approximate surface area is 68.3 Å². The van der Waals surface area contributed by atoms with Crippen LogP contribution in [0, 0.1) is 0 Å². The Morgan fingerprint density at radius 1 is 1.50 bits per heavy atom. The van der Waals surface area contributed by atoms with Crippen molar-refractivity contribution in [2.75, 3.05) is 13.6 Å². The van der Waals surface area contributed by atoms with Gasteiger partial charge in [-0.2, -0.15) is 13.2 Å². The smallest absolute Gasteiger partial charge is 0.358 e. The van der Waals surface area contributed by atoms with Gasteiger partial charge in [0, 0.05) is 7.05 Å². The predicted octanol–water partition coefficient (Wildman–Crippen LogP) is 0.273. The zero-order valence-corrected chi connectivity index (χ0v) is 6.83. The van der Waals surface area contributed by atoms with Crippen LogP contribution in [0.5, 0.6) is 0 Å². The van der Waals surface area contributed by atoms with E-state index in [1.807, 2.05) is 5.32 Å². The summed E-state index contributed by atoms with van der Waals surface area (Å²) in [6.45, 7) is 0.214. The van der Waals surface area contributed by atoms with E-state index in [9.17, 15) is 18.0 Å². The Morgan fingerprint density at radius 2 is 2.00 bits per heavy atom. The molecule has 0 aliphatic rings. The van der Waals surface area contributed by atoms with E-state index >= 15 is 0 Å². The van der Waals surface area contributed by atoms with Gasteiger partial charge in [0.2, 0.25) is 5.91 Å². The van der Waals surface area contributed by atoms with Gasteiger partial charge >= 0.3 is 6.18 Å². The summed E-state index contributed by atoms with van der Waals surface area (Å²) in [6.07, 6.45) is -4.28. The van der Waals surface area contributed by atoms with E-state index in [-0.39, 0.29) is 0 Å². The SMILES string of the molecule is CNC(=O)C(C)NCC(F)(F)F. The van der Waals surface area contributed by atoms with Crippen molar-refractivity contribution >= 4 is 5.91 Å². The van der Waals surface area contributed by atoms with Crippen LogP contribution in [0.1, 0.15) is 6.92 Å². The Balaban J connectivity index is 3.72. The van der Waals surface area contributed by atoms with Crippen molar-refractivity contribution in [3.63, 3.8) is 0 Å². The van der Waals surface area contributed by atoms with Gasteiger partial charge in [0.1, 0.15) is 0 Å². The number of nitrogens with one attached hydrogen (secondary N) is 2. The minimum Gasteiger partial charge on any atom is -0.358 e. The van der Waals surface area contributed by atoms with Crippen molar-refractivity contribution < 1.29 is 18.0 Å². The summed E-state index contributed by atoms with van der Waals surface area (Å²) in [5.74, 6) is -0.459. The summed E-state index contributed by atoms with van der Waals surface area (Å²) in [7, 11) is 1.37. The molecule has 0 heterocycles. The molecule has 0 aliphatic carbocycles. The van der Waals surface area contributed by atoms with E-state index in [0.717, 1.165) is 0 Å². The molecule has 2 N–H and O–H groups in total. The quantitative estimate of drug-likeness (QED) is 0.661. The molecule has 12 heavy (non-hydrogen) atoms. The van der Waals surface area contributed by atoms with Crippen LogP contribution < -0.4 is 10.6 Å². The molecule has 72 valence electrons. The molecule has 1 unspecified atom stereocenters. The lowest BCUT2D eigenvalue weighted by Crippen LogP contribution is -2.44. The molecular formula is C6H11F3N2O. The van der Waals surface area contributed by atoms with Gasteiger partial charge in [-0.25, -0.2) is 0 Å². The fraction of sp³-hybridized carbons (Fsp3) is 0.833. The lowest BCUT2D eigenvalue weighted by atomic mass is 10.3. The highest BCUT2D eigenvalue weighted by Crippen LogP contribution is 2.12. The first-order valence-electron chi connectivity index (χ1n) is 3.38. The molecule has 0 fully saturated rings. The van der Waals surface area contributed by atoms with Crippen LogP contribution >= 0.6 is 0 Å². The fourth-order valence-electron chi connectivity index (χ4n) is 0.578. The van der Waals surface area contributed by atoms with Gasteiger partial charge in [-0.3, -0.25) is 10.1 Å². The van der Waals surface area contributed by atoms with Gasteiger partial charge in [0.25, 0.3) is 0 Å². The van der Waals surface area contributed by atoms with E-state index in [1.165, 1.54) is 14.0 Å². The minimum absolute atomic E-state index is 0.459. The highest BCUT2D eigenvalue weighted by molar-refractivity contribution is 5.80.